The first kappa shape index (κ1) is 19.9. The summed E-state index contributed by atoms with van der Waals surface area (Å²) in [6, 6.07) is 23.5. The minimum atomic E-state index is -1.22. The molecule has 29 heavy (non-hydrogen) atoms. The zero-order chi connectivity index (χ0) is 20.6. The number of hydrogen-bond acceptors (Lipinski definition) is 3. The quantitative estimate of drug-likeness (QED) is 0.588. The Morgan fingerprint density at radius 2 is 1.69 bits per heavy atom. The summed E-state index contributed by atoms with van der Waals surface area (Å²) in [6.45, 7) is 2.43. The summed E-state index contributed by atoms with van der Waals surface area (Å²) in [6.07, 6.45) is 1.41. The van der Waals surface area contributed by atoms with E-state index in [4.69, 9.17) is 4.74 Å². The molecule has 146 valence electrons. The van der Waals surface area contributed by atoms with Crippen LogP contribution in [0.1, 0.15) is 27.0 Å². The monoisotopic (exact) mass is 387 g/mol. The van der Waals surface area contributed by atoms with Crippen molar-refractivity contribution in [3.8, 4) is 5.75 Å². The molecule has 1 amide bonds. The number of carbonyl (C=O) groups excluding carboxylic acids is 1. The number of carbonyl (C=O) groups is 2. The first-order valence-corrected chi connectivity index (χ1v) is 9.11. The van der Waals surface area contributed by atoms with E-state index >= 15 is 0 Å². The molecule has 3 aromatic carbocycles. The molecule has 0 unspecified atom stereocenters. The predicted molar refractivity (Wildman–Crippen MR) is 111 cm³/mol. The third-order valence-corrected chi connectivity index (χ3v) is 4.34. The van der Waals surface area contributed by atoms with Crippen molar-refractivity contribution in [2.24, 2.45) is 0 Å². The third kappa shape index (κ3) is 5.56. The van der Waals surface area contributed by atoms with Crippen LogP contribution in [0.3, 0.4) is 0 Å². The molecule has 0 aliphatic rings. The topological polar surface area (TPSA) is 75.6 Å². The van der Waals surface area contributed by atoms with E-state index in [2.05, 4.69) is 5.32 Å². The highest BCUT2D eigenvalue weighted by molar-refractivity contribution is 6.02. The Balaban J connectivity index is 1.75. The lowest BCUT2D eigenvalue weighted by molar-refractivity contribution is -0.132. The molecule has 0 aliphatic heterocycles. The van der Waals surface area contributed by atoms with Crippen LogP contribution < -0.4 is 10.1 Å². The van der Waals surface area contributed by atoms with Gasteiger partial charge in [-0.15, -0.1) is 0 Å². The zero-order valence-electron chi connectivity index (χ0n) is 16.0. The normalized spacial score (nSPS) is 11.0. The molecule has 0 aliphatic carbocycles. The zero-order valence-corrected chi connectivity index (χ0v) is 16.0. The van der Waals surface area contributed by atoms with Gasteiger partial charge in [-0.05, 0) is 54.0 Å². The van der Waals surface area contributed by atoms with Crippen molar-refractivity contribution in [1.82, 2.24) is 5.32 Å². The van der Waals surface area contributed by atoms with E-state index in [9.17, 15) is 14.7 Å². The summed E-state index contributed by atoms with van der Waals surface area (Å²) in [5.74, 6) is -1.09. The van der Waals surface area contributed by atoms with Crippen LogP contribution in [0.15, 0.2) is 84.6 Å². The smallest absolute Gasteiger partial charge is 0.352 e. The van der Waals surface area contributed by atoms with Gasteiger partial charge in [0.05, 0.1) is 0 Å². The van der Waals surface area contributed by atoms with Gasteiger partial charge < -0.3 is 15.2 Å². The van der Waals surface area contributed by atoms with E-state index < -0.39 is 11.9 Å². The minimum absolute atomic E-state index is 0.213. The summed E-state index contributed by atoms with van der Waals surface area (Å²) in [4.78, 5) is 23.9. The predicted octanol–water partition coefficient (Wildman–Crippen LogP) is 4.43. The fourth-order valence-electron chi connectivity index (χ4n) is 2.73. The van der Waals surface area contributed by atoms with Crippen LogP contribution in [0, 0.1) is 6.92 Å². The number of carboxylic acid groups (broad SMARTS) is 1. The number of hydrogen-bond donors (Lipinski definition) is 2. The molecule has 0 spiro atoms. The standard InChI is InChI=1S/C24H21NO4/c1-17-8-5-6-12-20(17)16-29-21-13-7-9-18(14-21)15-22(24(27)28)25-23(26)19-10-3-2-4-11-19/h2-15H,16H2,1H3,(H,25,26)(H,27,28)/b22-15+. The molecular weight excluding hydrogens is 366 g/mol. The van der Waals surface area contributed by atoms with Gasteiger partial charge in [0.15, 0.2) is 0 Å². The number of amides is 1. The molecule has 0 heterocycles. The molecule has 0 aromatic heterocycles. The van der Waals surface area contributed by atoms with Gasteiger partial charge in [0.2, 0.25) is 0 Å². The first-order chi connectivity index (χ1) is 14.0. The molecular formula is C24H21NO4. The van der Waals surface area contributed by atoms with Crippen molar-refractivity contribution in [2.45, 2.75) is 13.5 Å². The molecule has 0 saturated heterocycles. The highest BCUT2D eigenvalue weighted by atomic mass is 16.5. The van der Waals surface area contributed by atoms with Crippen molar-refractivity contribution >= 4 is 18.0 Å². The first-order valence-electron chi connectivity index (χ1n) is 9.11. The molecule has 0 saturated carbocycles. The van der Waals surface area contributed by atoms with Gasteiger partial charge in [-0.1, -0.05) is 54.6 Å². The van der Waals surface area contributed by atoms with Gasteiger partial charge in [-0.25, -0.2) is 4.79 Å². The van der Waals surface area contributed by atoms with Crippen LogP contribution in [-0.4, -0.2) is 17.0 Å². The second-order valence-corrected chi connectivity index (χ2v) is 6.47. The van der Waals surface area contributed by atoms with Crippen LogP contribution in [0.25, 0.3) is 6.08 Å². The molecule has 0 bridgehead atoms. The Morgan fingerprint density at radius 1 is 0.966 bits per heavy atom. The minimum Gasteiger partial charge on any atom is -0.489 e. The van der Waals surface area contributed by atoms with Gasteiger partial charge in [0.1, 0.15) is 18.1 Å². The molecule has 0 fully saturated rings. The number of aliphatic carboxylic acids is 1. The lowest BCUT2D eigenvalue weighted by Crippen LogP contribution is -2.27. The van der Waals surface area contributed by atoms with E-state index in [-0.39, 0.29) is 5.70 Å². The van der Waals surface area contributed by atoms with Crippen LogP contribution in [0.4, 0.5) is 0 Å². The van der Waals surface area contributed by atoms with Gasteiger partial charge in [-0.2, -0.15) is 0 Å². The summed E-state index contributed by atoms with van der Waals surface area (Å²) in [5, 5.41) is 11.9. The average Bonchev–Trinajstić information content (AvgIpc) is 2.73. The second kappa shape index (κ2) is 9.37. The van der Waals surface area contributed by atoms with E-state index in [1.54, 1.807) is 54.6 Å². The van der Waals surface area contributed by atoms with Gasteiger partial charge in [-0.3, -0.25) is 4.79 Å². The molecule has 2 N–H and O–H groups in total. The van der Waals surface area contributed by atoms with Crippen LogP contribution >= 0.6 is 0 Å². The maximum absolute atomic E-state index is 12.3. The SMILES string of the molecule is Cc1ccccc1COc1cccc(/C=C(/NC(=O)c2ccccc2)C(=O)O)c1. The summed E-state index contributed by atoms with van der Waals surface area (Å²) < 4.78 is 5.84. The van der Waals surface area contributed by atoms with Crippen molar-refractivity contribution in [3.63, 3.8) is 0 Å². The van der Waals surface area contributed by atoms with Gasteiger partial charge >= 0.3 is 5.97 Å². The molecule has 3 rings (SSSR count). The maximum Gasteiger partial charge on any atom is 0.352 e. The van der Waals surface area contributed by atoms with Crippen molar-refractivity contribution in [1.29, 1.82) is 0 Å². The van der Waals surface area contributed by atoms with Crippen LogP contribution in [-0.2, 0) is 11.4 Å². The Labute approximate surface area is 169 Å². The molecule has 0 radical (unpaired) electrons. The van der Waals surface area contributed by atoms with Gasteiger partial charge in [0.25, 0.3) is 5.91 Å². The summed E-state index contributed by atoms with van der Waals surface area (Å²) >= 11 is 0. The summed E-state index contributed by atoms with van der Waals surface area (Å²) in [7, 11) is 0. The fraction of sp³-hybridized carbons (Fsp3) is 0.0833. The lowest BCUT2D eigenvalue weighted by atomic mass is 10.1. The number of ether oxygens (including phenoxy) is 1. The Hall–Kier alpha value is -3.86. The Morgan fingerprint density at radius 3 is 2.41 bits per heavy atom. The lowest BCUT2D eigenvalue weighted by Gasteiger charge is -2.10. The number of nitrogens with one attached hydrogen (secondary N) is 1. The number of rotatable bonds is 7. The highest BCUT2D eigenvalue weighted by Gasteiger charge is 2.13. The van der Waals surface area contributed by atoms with Crippen LogP contribution in [0.2, 0.25) is 0 Å². The number of aryl methyl sites for hydroxylation is 1. The number of benzene rings is 3. The maximum atomic E-state index is 12.3. The van der Waals surface area contributed by atoms with E-state index in [0.717, 1.165) is 11.1 Å². The Kier molecular flexibility index (Phi) is 6.43. The molecule has 5 heteroatoms. The fourth-order valence-corrected chi connectivity index (χ4v) is 2.73. The van der Waals surface area contributed by atoms with Crippen molar-refractivity contribution in [3.05, 3.63) is 107 Å². The van der Waals surface area contributed by atoms with Crippen LogP contribution in [0.5, 0.6) is 5.75 Å². The number of carboxylic acids is 1. The highest BCUT2D eigenvalue weighted by Crippen LogP contribution is 2.18. The molecule has 5 nitrogen and oxygen atoms in total. The summed E-state index contributed by atoms with van der Waals surface area (Å²) in [5.41, 5.74) is 3.00. The van der Waals surface area contributed by atoms with E-state index in [0.29, 0.717) is 23.5 Å². The van der Waals surface area contributed by atoms with E-state index in [1.807, 2.05) is 31.2 Å². The molecule has 3 aromatic rings. The van der Waals surface area contributed by atoms with E-state index in [1.165, 1.54) is 6.08 Å². The Bertz CT molecular complexity index is 1040. The molecule has 0 atom stereocenters. The average molecular weight is 387 g/mol. The van der Waals surface area contributed by atoms with Gasteiger partial charge in [0, 0.05) is 5.56 Å². The third-order valence-electron chi connectivity index (χ3n) is 4.34. The van der Waals surface area contributed by atoms with Crippen molar-refractivity contribution < 1.29 is 19.4 Å². The second-order valence-electron chi connectivity index (χ2n) is 6.47. The largest absolute Gasteiger partial charge is 0.489 e. The van der Waals surface area contributed by atoms with Crippen molar-refractivity contribution in [2.75, 3.05) is 0 Å².